The number of hydrogen-bond donors (Lipinski definition) is 1. The van der Waals surface area contributed by atoms with Crippen LogP contribution in [0.4, 0.5) is 10.2 Å². The van der Waals surface area contributed by atoms with Crippen molar-refractivity contribution in [1.82, 2.24) is 19.5 Å². The van der Waals surface area contributed by atoms with Crippen LogP contribution in [0.15, 0.2) is 30.6 Å². The van der Waals surface area contributed by atoms with Gasteiger partial charge in [-0.2, -0.15) is 14.4 Å². The number of benzene rings is 1. The molecule has 0 radical (unpaired) electrons. The normalized spacial score (nSPS) is 16.6. The highest BCUT2D eigenvalue weighted by Gasteiger charge is 2.22. The lowest BCUT2D eigenvalue weighted by Crippen LogP contribution is -2.09. The average Bonchev–Trinajstić information content (AvgIpc) is 3.29. The van der Waals surface area contributed by atoms with Gasteiger partial charge in [-0.25, -0.2) is 4.98 Å². The van der Waals surface area contributed by atoms with Crippen molar-refractivity contribution in [2.75, 3.05) is 11.9 Å². The van der Waals surface area contributed by atoms with E-state index >= 15 is 0 Å². The van der Waals surface area contributed by atoms with E-state index in [1.807, 2.05) is 12.1 Å². The maximum absolute atomic E-state index is 13.9. The largest absolute Gasteiger partial charge is 0.427 e. The number of aromatic nitrogens is 4. The molecule has 1 aliphatic heterocycles. The number of carbonyl (C=O) groups is 1. The molecule has 0 amide bonds. The summed E-state index contributed by atoms with van der Waals surface area (Å²) in [6.45, 7) is 2.42. The Balaban J connectivity index is 1.54. The Morgan fingerprint density at radius 1 is 1.37 bits per heavy atom. The molecule has 9 heteroatoms. The fourth-order valence-corrected chi connectivity index (χ4v) is 3.03. The molecule has 3 heterocycles. The maximum atomic E-state index is 13.9. The van der Waals surface area contributed by atoms with Gasteiger partial charge >= 0.3 is 12.0 Å². The summed E-state index contributed by atoms with van der Waals surface area (Å²) in [6.07, 6.45) is 2.40. The third-order valence-electron chi connectivity index (χ3n) is 4.25. The second-order valence-electron chi connectivity index (χ2n) is 6.22. The van der Waals surface area contributed by atoms with Crippen LogP contribution in [0.3, 0.4) is 0 Å². The second kappa shape index (κ2) is 7.28. The number of esters is 1. The van der Waals surface area contributed by atoms with E-state index in [-0.39, 0.29) is 12.2 Å². The molecule has 0 aliphatic carbocycles. The van der Waals surface area contributed by atoms with Crippen LogP contribution in [-0.4, -0.2) is 32.1 Å². The standard InChI is InChI=1S/C18H18FN5O3/c1-11(25)27-13-6-4-12(5-7-13)9-20-16-15-17(23-18(19)22-16)24(10-21-15)14-3-2-8-26-14/h4-7,10,14H,2-3,8-9H2,1H3,(H,20,22,23). The Bertz CT molecular complexity index is 967. The van der Waals surface area contributed by atoms with Crippen LogP contribution in [0.2, 0.25) is 0 Å². The summed E-state index contributed by atoms with van der Waals surface area (Å²) < 4.78 is 26.3. The predicted molar refractivity (Wildman–Crippen MR) is 94.6 cm³/mol. The summed E-state index contributed by atoms with van der Waals surface area (Å²) in [5.41, 5.74) is 1.81. The van der Waals surface area contributed by atoms with E-state index in [0.717, 1.165) is 18.4 Å². The number of anilines is 1. The van der Waals surface area contributed by atoms with E-state index in [1.165, 1.54) is 6.92 Å². The van der Waals surface area contributed by atoms with Crippen LogP contribution in [0.1, 0.15) is 31.6 Å². The summed E-state index contributed by atoms with van der Waals surface area (Å²) in [5.74, 6) is 0.414. The molecule has 8 nitrogen and oxygen atoms in total. The second-order valence-corrected chi connectivity index (χ2v) is 6.22. The van der Waals surface area contributed by atoms with Gasteiger partial charge in [0, 0.05) is 20.1 Å². The van der Waals surface area contributed by atoms with Crippen LogP contribution in [0.25, 0.3) is 11.2 Å². The fraction of sp³-hybridized carbons (Fsp3) is 0.333. The minimum absolute atomic E-state index is 0.175. The average molecular weight is 371 g/mol. The Hall–Kier alpha value is -3.07. The number of ether oxygens (including phenoxy) is 2. The molecule has 2 aromatic heterocycles. The van der Waals surface area contributed by atoms with Crippen molar-refractivity contribution in [3.05, 3.63) is 42.2 Å². The Morgan fingerprint density at radius 2 is 2.19 bits per heavy atom. The van der Waals surface area contributed by atoms with E-state index in [4.69, 9.17) is 9.47 Å². The SMILES string of the molecule is CC(=O)Oc1ccc(CNc2nc(F)nc3c2ncn3C2CCCO2)cc1. The van der Waals surface area contributed by atoms with Crippen molar-refractivity contribution in [3.8, 4) is 5.75 Å². The first kappa shape index (κ1) is 17.3. The summed E-state index contributed by atoms with van der Waals surface area (Å²) >= 11 is 0. The van der Waals surface area contributed by atoms with E-state index in [2.05, 4.69) is 20.3 Å². The van der Waals surface area contributed by atoms with E-state index < -0.39 is 6.08 Å². The predicted octanol–water partition coefficient (Wildman–Crippen LogP) is 2.81. The number of carbonyl (C=O) groups excluding carboxylic acids is 1. The molecule has 0 saturated carbocycles. The number of nitrogens with zero attached hydrogens (tertiary/aromatic N) is 4. The van der Waals surface area contributed by atoms with Crippen LogP contribution in [0.5, 0.6) is 5.75 Å². The van der Waals surface area contributed by atoms with Gasteiger partial charge in [0.15, 0.2) is 17.0 Å². The lowest BCUT2D eigenvalue weighted by Gasteiger charge is -2.12. The summed E-state index contributed by atoms with van der Waals surface area (Å²) in [5, 5.41) is 3.09. The minimum Gasteiger partial charge on any atom is -0.427 e. The molecule has 1 aromatic carbocycles. The molecule has 1 saturated heterocycles. The lowest BCUT2D eigenvalue weighted by atomic mass is 10.2. The van der Waals surface area contributed by atoms with Gasteiger partial charge in [-0.3, -0.25) is 9.36 Å². The highest BCUT2D eigenvalue weighted by Crippen LogP contribution is 2.28. The molecule has 27 heavy (non-hydrogen) atoms. The molecule has 4 rings (SSSR count). The van der Waals surface area contributed by atoms with Gasteiger partial charge < -0.3 is 14.8 Å². The number of imidazole rings is 1. The molecule has 1 atom stereocenters. The molecule has 140 valence electrons. The number of rotatable bonds is 5. The van der Waals surface area contributed by atoms with Gasteiger partial charge in [-0.05, 0) is 30.5 Å². The van der Waals surface area contributed by atoms with Crippen LogP contribution in [-0.2, 0) is 16.1 Å². The Morgan fingerprint density at radius 3 is 2.89 bits per heavy atom. The molecular weight excluding hydrogens is 353 g/mol. The van der Waals surface area contributed by atoms with E-state index in [1.54, 1.807) is 23.0 Å². The zero-order chi connectivity index (χ0) is 18.8. The van der Waals surface area contributed by atoms with Crippen molar-refractivity contribution < 1.29 is 18.7 Å². The molecule has 1 aliphatic rings. The number of hydrogen-bond acceptors (Lipinski definition) is 7. The first-order chi connectivity index (χ1) is 13.1. The van der Waals surface area contributed by atoms with Crippen LogP contribution >= 0.6 is 0 Å². The highest BCUT2D eigenvalue weighted by molar-refractivity contribution is 5.82. The zero-order valence-corrected chi connectivity index (χ0v) is 14.7. The molecule has 0 spiro atoms. The first-order valence-electron chi connectivity index (χ1n) is 8.63. The molecule has 1 N–H and O–H groups in total. The quantitative estimate of drug-likeness (QED) is 0.419. The number of nitrogens with one attached hydrogen (secondary N) is 1. The van der Waals surface area contributed by atoms with Gasteiger partial charge in [0.2, 0.25) is 0 Å². The van der Waals surface area contributed by atoms with E-state index in [9.17, 15) is 9.18 Å². The minimum atomic E-state index is -0.824. The number of fused-ring (bicyclic) bond motifs is 1. The maximum Gasteiger partial charge on any atom is 0.312 e. The third kappa shape index (κ3) is 3.72. The van der Waals surface area contributed by atoms with Crippen molar-refractivity contribution >= 4 is 23.0 Å². The van der Waals surface area contributed by atoms with E-state index in [0.29, 0.717) is 35.9 Å². The Labute approximate surface area is 154 Å². The van der Waals surface area contributed by atoms with Crippen LogP contribution < -0.4 is 10.1 Å². The summed E-state index contributed by atoms with van der Waals surface area (Å²) in [4.78, 5) is 23.0. The zero-order valence-electron chi connectivity index (χ0n) is 14.7. The van der Waals surface area contributed by atoms with Gasteiger partial charge in [0.1, 0.15) is 12.0 Å². The lowest BCUT2D eigenvalue weighted by molar-refractivity contribution is -0.131. The van der Waals surface area contributed by atoms with Crippen molar-refractivity contribution in [2.45, 2.75) is 32.5 Å². The molecule has 1 fully saturated rings. The van der Waals surface area contributed by atoms with Gasteiger partial charge in [0.05, 0.1) is 6.33 Å². The fourth-order valence-electron chi connectivity index (χ4n) is 3.03. The van der Waals surface area contributed by atoms with Gasteiger partial charge in [-0.1, -0.05) is 12.1 Å². The molecule has 1 unspecified atom stereocenters. The van der Waals surface area contributed by atoms with Crippen molar-refractivity contribution in [2.24, 2.45) is 0 Å². The van der Waals surface area contributed by atoms with Crippen molar-refractivity contribution in [3.63, 3.8) is 0 Å². The smallest absolute Gasteiger partial charge is 0.312 e. The first-order valence-corrected chi connectivity index (χ1v) is 8.63. The summed E-state index contributed by atoms with van der Waals surface area (Å²) in [7, 11) is 0. The summed E-state index contributed by atoms with van der Waals surface area (Å²) in [6, 6.07) is 7.01. The topological polar surface area (TPSA) is 91.2 Å². The monoisotopic (exact) mass is 371 g/mol. The molecular formula is C18H18FN5O3. The Kier molecular flexibility index (Phi) is 4.68. The molecule has 0 bridgehead atoms. The third-order valence-corrected chi connectivity index (χ3v) is 4.25. The highest BCUT2D eigenvalue weighted by atomic mass is 19.1. The van der Waals surface area contributed by atoms with Crippen molar-refractivity contribution in [1.29, 1.82) is 0 Å². The van der Waals surface area contributed by atoms with Crippen LogP contribution in [0, 0.1) is 6.08 Å². The number of halogens is 1. The van der Waals surface area contributed by atoms with Gasteiger partial charge in [-0.15, -0.1) is 0 Å². The van der Waals surface area contributed by atoms with Gasteiger partial charge in [0.25, 0.3) is 0 Å². The molecule has 3 aromatic rings.